The lowest BCUT2D eigenvalue weighted by atomic mass is 9.95. The Bertz CT molecular complexity index is 3390. The van der Waals surface area contributed by atoms with E-state index in [0.717, 1.165) is 136 Å². The Labute approximate surface area is 500 Å². The van der Waals surface area contributed by atoms with E-state index >= 15 is 0 Å². The van der Waals surface area contributed by atoms with Crippen molar-refractivity contribution < 1.29 is 29.1 Å². The summed E-state index contributed by atoms with van der Waals surface area (Å²) in [6.45, 7) is 19.3. The Hall–Kier alpha value is -7.52. The number of aliphatic imine (C=N–C) groups is 1. The number of anilines is 3. The van der Waals surface area contributed by atoms with E-state index in [0.29, 0.717) is 44.7 Å². The van der Waals surface area contributed by atoms with E-state index < -0.39 is 11.9 Å². The van der Waals surface area contributed by atoms with Crippen molar-refractivity contribution in [2.24, 2.45) is 16.6 Å². The summed E-state index contributed by atoms with van der Waals surface area (Å²) in [5.74, 6) is 2.08. The van der Waals surface area contributed by atoms with Crippen LogP contribution in [0.2, 0.25) is 5.02 Å². The summed E-state index contributed by atoms with van der Waals surface area (Å²) in [4.78, 5) is 82.7. The molecule has 3 aromatic heterocycles. The number of rotatable bonds is 16. The number of nitrogens with two attached hydrogens (primary N) is 1. The third-order valence-corrected chi connectivity index (χ3v) is 19.0. The average Bonchev–Trinajstić information content (AvgIpc) is 3.06. The van der Waals surface area contributed by atoms with Crippen molar-refractivity contribution in [3.05, 3.63) is 145 Å². The smallest absolute Gasteiger partial charge is 0.290 e. The molecule has 3 aromatic carbocycles. The molecule has 0 aliphatic carbocycles. The highest BCUT2D eigenvalue weighted by molar-refractivity contribution is 7.15. The third-order valence-electron chi connectivity index (χ3n) is 17.5. The van der Waals surface area contributed by atoms with Gasteiger partial charge in [0, 0.05) is 121 Å². The molecule has 84 heavy (non-hydrogen) atoms. The number of hydrogen-bond donors (Lipinski definition) is 5. The lowest BCUT2D eigenvalue weighted by Crippen LogP contribution is -2.50. The second-order valence-corrected chi connectivity index (χ2v) is 24.8. The highest BCUT2D eigenvalue weighted by Gasteiger charge is 2.42. The maximum Gasteiger partial charge on any atom is 0.290 e. The number of thiophene rings is 1. The predicted molar refractivity (Wildman–Crippen MR) is 329 cm³/mol. The number of benzene rings is 3. The van der Waals surface area contributed by atoms with Crippen LogP contribution in [-0.4, -0.2) is 145 Å². The summed E-state index contributed by atoms with van der Waals surface area (Å²) in [5.41, 5.74) is 14.4. The van der Waals surface area contributed by atoms with E-state index in [4.69, 9.17) is 37.2 Å². The van der Waals surface area contributed by atoms with E-state index in [9.17, 15) is 19.2 Å². The number of halogens is 1. The van der Waals surface area contributed by atoms with Crippen molar-refractivity contribution in [1.29, 1.82) is 0 Å². The molecule has 6 N–H and O–H groups in total. The number of primary amides is 1. The lowest BCUT2D eigenvalue weighted by molar-refractivity contribution is -0.133. The van der Waals surface area contributed by atoms with Gasteiger partial charge >= 0.3 is 0 Å². The van der Waals surface area contributed by atoms with E-state index in [1.165, 1.54) is 16.0 Å². The number of pyridine rings is 1. The monoisotopic (exact) mass is 1180 g/mol. The highest BCUT2D eigenvalue weighted by atomic mass is 35.5. The zero-order valence-electron chi connectivity index (χ0n) is 48.7. The normalized spacial score (nSPS) is 20.1. The molecule has 5 aliphatic heterocycles. The number of likely N-dealkylation sites (tertiary alicyclic amines) is 1. The Morgan fingerprint density at radius 3 is 2.17 bits per heavy atom. The van der Waals surface area contributed by atoms with Gasteiger partial charge in [-0.3, -0.25) is 38.4 Å². The van der Waals surface area contributed by atoms with E-state index in [-0.39, 0.29) is 54.8 Å². The number of carbonyl (C=O) groups excluding carboxylic acids is 4. The fourth-order valence-corrected chi connectivity index (χ4v) is 14.0. The fourth-order valence-electron chi connectivity index (χ4n) is 12.7. The molecule has 2 bridgehead atoms. The molecular weight excluding hydrogens is 1100 g/mol. The number of hydrogen-bond acceptors (Lipinski definition) is 14. The number of fused-ring (bicyclic) bond motifs is 5. The van der Waals surface area contributed by atoms with Crippen molar-refractivity contribution >= 4 is 75.9 Å². The van der Waals surface area contributed by atoms with Crippen LogP contribution in [0.15, 0.2) is 84.0 Å². The second-order valence-electron chi connectivity index (χ2n) is 23.1. The van der Waals surface area contributed by atoms with Crippen molar-refractivity contribution in [3.63, 3.8) is 0 Å². The molecule has 4 amide bonds. The molecule has 8 heterocycles. The van der Waals surface area contributed by atoms with Gasteiger partial charge in [-0.15, -0.1) is 21.5 Å². The number of carboxylic acid groups (broad SMARTS) is 1. The van der Waals surface area contributed by atoms with Gasteiger partial charge in [-0.2, -0.15) is 0 Å². The van der Waals surface area contributed by atoms with Crippen LogP contribution in [0.5, 0.6) is 0 Å². The van der Waals surface area contributed by atoms with Crippen LogP contribution in [0.3, 0.4) is 0 Å². The summed E-state index contributed by atoms with van der Waals surface area (Å²) < 4.78 is 2.11. The van der Waals surface area contributed by atoms with Crippen LogP contribution in [0.25, 0.3) is 5.00 Å². The molecule has 442 valence electrons. The van der Waals surface area contributed by atoms with Gasteiger partial charge in [0.25, 0.3) is 24.2 Å². The Morgan fingerprint density at radius 2 is 1.52 bits per heavy atom. The molecule has 0 saturated carbocycles. The number of carbonyl (C=O) groups is 5. The number of aryl methyl sites for hydroxylation is 3. The van der Waals surface area contributed by atoms with Gasteiger partial charge in [0.1, 0.15) is 22.7 Å². The fraction of sp³-hybridized carbons (Fsp3) is 0.444. The molecule has 4 fully saturated rings. The average molecular weight is 1180 g/mol. The first-order valence-corrected chi connectivity index (χ1v) is 30.5. The molecule has 0 spiro atoms. The molecule has 19 nitrogen and oxygen atoms in total. The van der Waals surface area contributed by atoms with Crippen molar-refractivity contribution in [3.8, 4) is 5.00 Å². The zero-order chi connectivity index (χ0) is 59.3. The number of amides is 4. The molecule has 21 heteroatoms. The first kappa shape index (κ1) is 59.6. The molecule has 4 saturated heterocycles. The number of aromatic nitrogens is 4. The molecule has 6 aromatic rings. The minimum absolute atomic E-state index is 0.000191. The topological polar surface area (TPSA) is 237 Å². The summed E-state index contributed by atoms with van der Waals surface area (Å²) in [5, 5.41) is 27.4. The van der Waals surface area contributed by atoms with Gasteiger partial charge in [0.05, 0.1) is 23.3 Å². The molecule has 0 unspecified atom stereocenters. The van der Waals surface area contributed by atoms with Gasteiger partial charge in [-0.25, -0.2) is 4.98 Å². The first-order chi connectivity index (χ1) is 40.5. The second kappa shape index (κ2) is 26.2. The molecule has 4 atom stereocenters. The number of piperidine rings is 2. The minimum atomic E-state index is -0.529. The van der Waals surface area contributed by atoms with Crippen LogP contribution in [0.1, 0.15) is 147 Å². The standard InChI is InChI=1S/C62H74ClN13O4S.CH2O2/c1-7-37(3)66-52-31-50(36(2)28-51(52)58(64)78)61(80)68-47-29-48-17-18-49(30-47)76(48)54-19-12-44(33-65-54)60(79)67-46-15-8-41(9-16-46)34-72-24-26-73(27-25-72)35-42-20-22-74(23-21-42)55(77)32-53-59-71-70-40(6)75(59)62-56(38(4)39(5)81-62)57(69-53)43-10-13-45(63)14-11-43;2-1-3/h8-16,19,28,31,33,37,42,47-49,53,66H,7,17-18,20-27,29-30,32,34-35H2,1-6H3,(H2,64,78)(H,67,79)(H,68,80);1H,(H,2,3)/t37-,48-,49-,53+;/m1./s1. The van der Waals surface area contributed by atoms with Crippen molar-refractivity contribution in [1.82, 2.24) is 39.8 Å². The maximum atomic E-state index is 14.1. The molecule has 5 aliphatic rings. The Morgan fingerprint density at radius 1 is 0.845 bits per heavy atom. The van der Waals surface area contributed by atoms with Gasteiger partial charge in [0.15, 0.2) is 5.82 Å². The summed E-state index contributed by atoms with van der Waals surface area (Å²) in [6.07, 6.45) is 8.29. The Kier molecular flexibility index (Phi) is 18.6. The van der Waals surface area contributed by atoms with Crippen LogP contribution in [0.4, 0.5) is 17.2 Å². The van der Waals surface area contributed by atoms with E-state index in [2.05, 4.69) is 78.3 Å². The lowest BCUT2D eigenvalue weighted by Gasteiger charge is -2.40. The predicted octanol–water partition coefficient (Wildman–Crippen LogP) is 9.14. The summed E-state index contributed by atoms with van der Waals surface area (Å²) >= 11 is 8.03. The number of nitrogens with one attached hydrogen (secondary N) is 3. The van der Waals surface area contributed by atoms with Crippen LogP contribution < -0.4 is 26.6 Å². The number of nitrogens with zero attached hydrogens (tertiary/aromatic N) is 9. The molecule has 0 radical (unpaired) electrons. The van der Waals surface area contributed by atoms with Crippen molar-refractivity contribution in [2.45, 2.75) is 130 Å². The SMILES string of the molecule is CC[C@@H](C)Nc1cc(C(=O)NC2C[C@H]3CC[C@H](C2)N3c2ccc(C(=O)Nc3ccc(CN4CCN(CC5CCN(C(=O)C[C@@H]6N=C(c7ccc(Cl)cc7)c7c(sc(C)c7C)-n7c(C)nnc76)CC5)CC4)cc3)cn2)c(C)cc1C(N)=O.O=CO. The van der Waals surface area contributed by atoms with Gasteiger partial charge < -0.3 is 41.5 Å². The van der Waals surface area contributed by atoms with Gasteiger partial charge in [0.2, 0.25) is 5.91 Å². The van der Waals surface area contributed by atoms with Crippen molar-refractivity contribution in [2.75, 3.05) is 61.3 Å². The van der Waals surface area contributed by atoms with Crippen LogP contribution >= 0.6 is 22.9 Å². The summed E-state index contributed by atoms with van der Waals surface area (Å²) in [7, 11) is 0. The largest absolute Gasteiger partial charge is 0.483 e. The molecular formula is C63H76ClN13O6S. The van der Waals surface area contributed by atoms with Crippen LogP contribution in [-0.2, 0) is 16.1 Å². The highest BCUT2D eigenvalue weighted by Crippen LogP contribution is 2.41. The van der Waals surface area contributed by atoms with E-state index in [1.54, 1.807) is 29.7 Å². The van der Waals surface area contributed by atoms with Crippen LogP contribution in [0, 0.1) is 33.6 Å². The van der Waals surface area contributed by atoms with Gasteiger partial charge in [-0.1, -0.05) is 42.8 Å². The first-order valence-electron chi connectivity index (χ1n) is 29.3. The van der Waals surface area contributed by atoms with Gasteiger partial charge in [-0.05, 0) is 151 Å². The molecule has 11 rings (SSSR count). The Balaban J connectivity index is 0.00000257. The number of piperazine rings is 1. The maximum absolute atomic E-state index is 14.1. The zero-order valence-corrected chi connectivity index (χ0v) is 50.3. The quantitative estimate of drug-likeness (QED) is 0.0569. The summed E-state index contributed by atoms with van der Waals surface area (Å²) in [6, 6.07) is 23.2. The van der Waals surface area contributed by atoms with E-state index in [1.807, 2.05) is 74.2 Å². The minimum Gasteiger partial charge on any atom is -0.483 e. The third kappa shape index (κ3) is 13.2.